The molecule has 1 aromatic carbocycles. The summed E-state index contributed by atoms with van der Waals surface area (Å²) in [5.41, 5.74) is 1.20. The molecule has 1 aliphatic heterocycles. The van der Waals surface area contributed by atoms with Crippen LogP contribution in [0, 0.1) is 17.8 Å². The fourth-order valence-electron chi connectivity index (χ4n) is 5.14. The fourth-order valence-corrected chi connectivity index (χ4v) is 7.78. The molecule has 4 fully saturated rings. The van der Waals surface area contributed by atoms with Crippen LogP contribution >= 0.6 is 27.7 Å². The molecule has 3 unspecified atom stereocenters. The monoisotopic (exact) mass is 363 g/mol. The highest BCUT2D eigenvalue weighted by atomic mass is 79.9. The number of hydrogen-bond acceptors (Lipinski definition) is 3. The molecule has 110 valence electrons. The van der Waals surface area contributed by atoms with Crippen LogP contribution in [0.1, 0.15) is 37.7 Å². The number of alkyl halides is 1. The van der Waals surface area contributed by atoms with E-state index in [9.17, 15) is 0 Å². The number of rotatable bonds is 1. The Hall–Kier alpha value is -0.480. The Balaban J connectivity index is 1.47. The third-order valence-electron chi connectivity index (χ3n) is 5.80. The van der Waals surface area contributed by atoms with E-state index in [4.69, 9.17) is 4.84 Å². The van der Waals surface area contributed by atoms with Gasteiger partial charge in [-0.25, -0.2) is 0 Å². The maximum Gasteiger partial charge on any atom is 0.194 e. The fraction of sp³-hybridized carbons (Fsp3) is 0.588. The first-order valence-corrected chi connectivity index (χ1v) is 9.47. The number of benzene rings is 1. The van der Waals surface area contributed by atoms with Crippen LogP contribution in [0.15, 0.2) is 35.5 Å². The quantitative estimate of drug-likeness (QED) is 0.669. The van der Waals surface area contributed by atoms with Crippen molar-refractivity contribution < 1.29 is 4.84 Å². The molecule has 0 aromatic heterocycles. The molecule has 4 heteroatoms. The van der Waals surface area contributed by atoms with Gasteiger partial charge in [-0.3, -0.25) is 0 Å². The first-order chi connectivity index (χ1) is 10.2. The van der Waals surface area contributed by atoms with Crippen molar-refractivity contribution in [2.75, 3.05) is 0 Å². The van der Waals surface area contributed by atoms with Gasteiger partial charge in [-0.2, -0.15) is 0 Å². The van der Waals surface area contributed by atoms with Gasteiger partial charge in [0.15, 0.2) is 4.93 Å². The molecule has 21 heavy (non-hydrogen) atoms. The highest BCUT2D eigenvalue weighted by molar-refractivity contribution is 9.10. The minimum absolute atomic E-state index is 0.0701. The number of oxime groups is 1. The van der Waals surface area contributed by atoms with Gasteiger partial charge in [-0.05, 0) is 38.0 Å². The van der Waals surface area contributed by atoms with Gasteiger partial charge in [0.05, 0.1) is 0 Å². The molecular weight excluding hydrogens is 346 g/mol. The van der Waals surface area contributed by atoms with E-state index >= 15 is 0 Å². The van der Waals surface area contributed by atoms with Crippen LogP contribution in [0.2, 0.25) is 0 Å². The van der Waals surface area contributed by atoms with Crippen molar-refractivity contribution in [3.8, 4) is 0 Å². The van der Waals surface area contributed by atoms with E-state index in [1.165, 1.54) is 37.7 Å². The van der Waals surface area contributed by atoms with Crippen molar-refractivity contribution in [3.05, 3.63) is 35.9 Å². The molecule has 0 N–H and O–H groups in total. The first-order valence-electron chi connectivity index (χ1n) is 7.86. The number of hydrogen-bond donors (Lipinski definition) is 0. The first kappa shape index (κ1) is 13.0. The topological polar surface area (TPSA) is 21.6 Å². The summed E-state index contributed by atoms with van der Waals surface area (Å²) in [6.45, 7) is 0. The summed E-state index contributed by atoms with van der Waals surface area (Å²) in [7, 11) is 0. The summed E-state index contributed by atoms with van der Waals surface area (Å²) in [6, 6.07) is 10.5. The minimum atomic E-state index is -0.0701. The minimum Gasteiger partial charge on any atom is -0.376 e. The molecule has 2 nitrogen and oxygen atoms in total. The zero-order valence-corrected chi connectivity index (χ0v) is 14.2. The van der Waals surface area contributed by atoms with Crippen molar-refractivity contribution in [2.24, 2.45) is 22.9 Å². The van der Waals surface area contributed by atoms with Gasteiger partial charge in [0.25, 0.3) is 0 Å². The summed E-state index contributed by atoms with van der Waals surface area (Å²) in [4.78, 5) is 6.09. The second-order valence-corrected chi connectivity index (χ2v) is 10.1. The SMILES string of the molecule is BrC12CC3C[C@H](C1)C1(ON=C(c4ccccc4)S1)[C@@H](C3)C2. The molecule has 5 aliphatic rings. The average Bonchev–Trinajstić information content (AvgIpc) is 2.91. The molecule has 1 spiro atoms. The predicted molar refractivity (Wildman–Crippen MR) is 89.6 cm³/mol. The standard InChI is InChI=1S/C17H18BrNOS/c18-16-8-11-6-13(9-16)17(14(7-11)10-16)20-19-15(21-17)12-4-2-1-3-5-12/h1-5,11,13-14H,6-10H2/t11?,13-,14+,16?,17?. The maximum atomic E-state index is 6.16. The van der Waals surface area contributed by atoms with Crippen LogP contribution < -0.4 is 0 Å². The second-order valence-electron chi connectivity index (χ2n) is 7.17. The molecule has 6 rings (SSSR count). The molecule has 1 aromatic rings. The van der Waals surface area contributed by atoms with E-state index in [-0.39, 0.29) is 4.93 Å². The van der Waals surface area contributed by atoms with E-state index < -0.39 is 0 Å². The van der Waals surface area contributed by atoms with Gasteiger partial charge in [0, 0.05) is 21.7 Å². The van der Waals surface area contributed by atoms with Crippen molar-refractivity contribution in [1.82, 2.24) is 0 Å². The van der Waals surface area contributed by atoms with Crippen LogP contribution in [-0.2, 0) is 4.84 Å². The highest BCUT2D eigenvalue weighted by Crippen LogP contribution is 2.68. The van der Waals surface area contributed by atoms with E-state index in [1.54, 1.807) is 0 Å². The maximum absolute atomic E-state index is 6.16. The van der Waals surface area contributed by atoms with Crippen LogP contribution in [0.5, 0.6) is 0 Å². The number of halogens is 1. The Bertz CT molecular complexity index is 600. The number of nitrogens with zero attached hydrogens (tertiary/aromatic N) is 1. The molecule has 4 bridgehead atoms. The van der Waals surface area contributed by atoms with E-state index in [2.05, 4.69) is 51.4 Å². The van der Waals surface area contributed by atoms with Crippen molar-refractivity contribution in [2.45, 2.75) is 41.4 Å². The lowest BCUT2D eigenvalue weighted by atomic mass is 9.54. The normalized spacial score (nSPS) is 46.7. The van der Waals surface area contributed by atoms with Gasteiger partial charge in [-0.1, -0.05) is 63.2 Å². The van der Waals surface area contributed by atoms with E-state index in [0.717, 1.165) is 11.0 Å². The van der Waals surface area contributed by atoms with E-state index in [0.29, 0.717) is 16.2 Å². The van der Waals surface area contributed by atoms with Crippen LogP contribution in [0.25, 0.3) is 0 Å². The van der Waals surface area contributed by atoms with Crippen LogP contribution in [-0.4, -0.2) is 14.3 Å². The zero-order chi connectivity index (χ0) is 14.1. The lowest BCUT2D eigenvalue weighted by Gasteiger charge is -2.60. The Kier molecular flexibility index (Phi) is 2.65. The molecule has 0 amide bonds. The second kappa shape index (κ2) is 4.29. The summed E-state index contributed by atoms with van der Waals surface area (Å²) in [6.07, 6.45) is 6.53. The zero-order valence-electron chi connectivity index (χ0n) is 11.8. The molecule has 4 saturated carbocycles. The molecular formula is C17H18BrNOS. The summed E-state index contributed by atoms with van der Waals surface area (Å²) >= 11 is 5.95. The number of thioether (sulfide) groups is 1. The predicted octanol–water partition coefficient (Wildman–Crippen LogP) is 4.78. The summed E-state index contributed by atoms with van der Waals surface area (Å²) < 4.78 is 0.397. The Labute approximate surface area is 137 Å². The Morgan fingerprint density at radius 2 is 1.81 bits per heavy atom. The van der Waals surface area contributed by atoms with Crippen LogP contribution in [0.3, 0.4) is 0 Å². The Morgan fingerprint density at radius 3 is 2.48 bits per heavy atom. The van der Waals surface area contributed by atoms with Gasteiger partial charge < -0.3 is 4.84 Å². The molecule has 5 atom stereocenters. The molecule has 1 heterocycles. The third kappa shape index (κ3) is 1.81. The highest BCUT2D eigenvalue weighted by Gasteiger charge is 2.65. The lowest BCUT2D eigenvalue weighted by Crippen LogP contribution is -2.60. The van der Waals surface area contributed by atoms with Gasteiger partial charge >= 0.3 is 0 Å². The van der Waals surface area contributed by atoms with Crippen LogP contribution in [0.4, 0.5) is 0 Å². The van der Waals surface area contributed by atoms with Crippen molar-refractivity contribution >= 4 is 32.7 Å². The van der Waals surface area contributed by atoms with Crippen molar-refractivity contribution in [1.29, 1.82) is 0 Å². The largest absolute Gasteiger partial charge is 0.376 e. The van der Waals surface area contributed by atoms with Gasteiger partial charge in [0.2, 0.25) is 0 Å². The van der Waals surface area contributed by atoms with E-state index in [1.807, 2.05) is 11.8 Å². The molecule has 4 aliphatic carbocycles. The van der Waals surface area contributed by atoms with Crippen molar-refractivity contribution in [3.63, 3.8) is 0 Å². The smallest absolute Gasteiger partial charge is 0.194 e. The molecule has 0 saturated heterocycles. The molecule has 0 radical (unpaired) electrons. The van der Waals surface area contributed by atoms with Gasteiger partial charge in [0.1, 0.15) is 5.04 Å². The van der Waals surface area contributed by atoms with Gasteiger partial charge in [-0.15, -0.1) is 0 Å². The average molecular weight is 364 g/mol. The summed E-state index contributed by atoms with van der Waals surface area (Å²) in [5.74, 6) is 2.20. The lowest BCUT2D eigenvalue weighted by molar-refractivity contribution is -0.135. The summed E-state index contributed by atoms with van der Waals surface area (Å²) in [5, 5.41) is 5.57. The third-order valence-corrected chi connectivity index (χ3v) is 8.34. The Morgan fingerprint density at radius 1 is 1.10 bits per heavy atom.